The molecule has 28 heavy (non-hydrogen) atoms. The summed E-state index contributed by atoms with van der Waals surface area (Å²) in [5, 5.41) is 10.0. The molecule has 3 rings (SSSR count). The summed E-state index contributed by atoms with van der Waals surface area (Å²) in [4.78, 5) is 31.5. The highest BCUT2D eigenvalue weighted by atomic mass is 32.1. The van der Waals surface area contributed by atoms with Crippen LogP contribution in [-0.2, 0) is 20.9 Å². The van der Waals surface area contributed by atoms with Gasteiger partial charge >= 0.3 is 5.97 Å². The highest BCUT2D eigenvalue weighted by Gasteiger charge is 2.44. The molecule has 2 atom stereocenters. The zero-order chi connectivity index (χ0) is 20.4. The lowest BCUT2D eigenvalue weighted by Gasteiger charge is -2.39. The molecule has 1 saturated carbocycles. The fourth-order valence-corrected chi connectivity index (χ4v) is 4.52. The second-order valence-corrected chi connectivity index (χ2v) is 7.87. The molecule has 2 aliphatic rings. The van der Waals surface area contributed by atoms with Crippen molar-refractivity contribution in [1.82, 2.24) is 4.90 Å². The molecule has 1 aliphatic heterocycles. The Kier molecular flexibility index (Phi) is 6.24. The fraction of sp³-hybridized carbons (Fsp3) is 0.400. The molecule has 0 radical (unpaired) electrons. The van der Waals surface area contributed by atoms with Gasteiger partial charge in [-0.3, -0.25) is 14.5 Å². The van der Waals surface area contributed by atoms with E-state index in [1.807, 2.05) is 0 Å². The first-order chi connectivity index (χ1) is 13.4. The van der Waals surface area contributed by atoms with E-state index in [4.69, 9.17) is 9.62 Å². The fourth-order valence-electron chi connectivity index (χ4n) is 3.47. The highest BCUT2D eigenvalue weighted by Crippen LogP contribution is 2.43. The van der Waals surface area contributed by atoms with Gasteiger partial charge in [0.25, 0.3) is 0 Å². The summed E-state index contributed by atoms with van der Waals surface area (Å²) < 4.78 is 19.6. The Labute approximate surface area is 166 Å². The van der Waals surface area contributed by atoms with E-state index in [1.165, 1.54) is 24.3 Å². The third-order valence-corrected chi connectivity index (χ3v) is 5.97. The smallest absolute Gasteiger partial charge is 0.308 e. The zero-order valence-corrected chi connectivity index (χ0v) is 16.3. The van der Waals surface area contributed by atoms with E-state index < -0.39 is 24.1 Å². The molecular weight excluding hydrogens is 385 g/mol. The molecule has 0 saturated heterocycles. The number of carbonyl (C=O) groups excluding carboxylic acids is 2. The van der Waals surface area contributed by atoms with Gasteiger partial charge in [-0.15, -0.1) is 11.3 Å². The Balaban J connectivity index is 2.01. The summed E-state index contributed by atoms with van der Waals surface area (Å²) >= 11 is 1.28. The lowest BCUT2D eigenvalue weighted by molar-refractivity contribution is -0.321. The second-order valence-electron chi connectivity index (χ2n) is 6.77. The van der Waals surface area contributed by atoms with E-state index in [9.17, 15) is 19.2 Å². The van der Waals surface area contributed by atoms with Crippen LogP contribution in [0, 0.1) is 5.92 Å². The standard InChI is InChI=1S/C20H22FNO5S/c1-4-13(15(21)5-2)18(19(24)12-6-7-12)22-9-8-16-14(20(22)27-25)10-17(28-16)26-11(3)23/h4-5,10,12,18,20,25H,1-2,6-9H2,3H3/b15-13-. The van der Waals surface area contributed by atoms with Crippen molar-refractivity contribution in [2.45, 2.75) is 38.5 Å². The van der Waals surface area contributed by atoms with Gasteiger partial charge in [-0.1, -0.05) is 19.2 Å². The molecule has 1 fully saturated rings. The molecule has 0 aromatic carbocycles. The summed E-state index contributed by atoms with van der Waals surface area (Å²) in [6.07, 6.45) is 3.41. The molecule has 1 aromatic heterocycles. The number of nitrogens with zero attached hydrogens (tertiary/aromatic N) is 1. The Hall–Kier alpha value is -2.13. The van der Waals surface area contributed by atoms with Crippen molar-refractivity contribution < 1.29 is 28.9 Å². The van der Waals surface area contributed by atoms with Gasteiger partial charge in [0.2, 0.25) is 0 Å². The average molecular weight is 407 g/mol. The van der Waals surface area contributed by atoms with Gasteiger partial charge in [0, 0.05) is 35.4 Å². The maximum Gasteiger partial charge on any atom is 0.308 e. The summed E-state index contributed by atoms with van der Waals surface area (Å²) in [6.45, 7) is 8.75. The Morgan fingerprint density at radius 3 is 2.64 bits per heavy atom. The molecular formula is C20H22FNO5S. The number of allylic oxidation sites excluding steroid dienone is 2. The highest BCUT2D eigenvalue weighted by molar-refractivity contribution is 7.14. The number of esters is 1. The quantitative estimate of drug-likeness (QED) is 0.304. The first-order valence-electron chi connectivity index (χ1n) is 8.96. The number of Topliss-reactive ketones (excluding diaryl/α,β-unsaturated/α-hetero) is 1. The second kappa shape index (κ2) is 8.48. The molecule has 0 amide bonds. The summed E-state index contributed by atoms with van der Waals surface area (Å²) in [5.74, 6) is -1.36. The van der Waals surface area contributed by atoms with E-state index in [-0.39, 0.29) is 17.3 Å². The average Bonchev–Trinajstić information content (AvgIpc) is 3.44. The van der Waals surface area contributed by atoms with Gasteiger partial charge in [-0.2, -0.15) is 0 Å². The first-order valence-corrected chi connectivity index (χ1v) is 9.78. The van der Waals surface area contributed by atoms with Crippen LogP contribution in [0.4, 0.5) is 4.39 Å². The van der Waals surface area contributed by atoms with Gasteiger partial charge < -0.3 is 4.74 Å². The number of hydrogen-bond donors (Lipinski definition) is 1. The van der Waals surface area contributed by atoms with E-state index >= 15 is 0 Å². The lowest BCUT2D eigenvalue weighted by Crippen LogP contribution is -2.48. The van der Waals surface area contributed by atoms with Crippen LogP contribution in [0.2, 0.25) is 0 Å². The Morgan fingerprint density at radius 1 is 1.39 bits per heavy atom. The van der Waals surface area contributed by atoms with Gasteiger partial charge in [0.15, 0.2) is 17.1 Å². The van der Waals surface area contributed by atoms with Crippen molar-refractivity contribution in [2.75, 3.05) is 6.54 Å². The normalized spacial score (nSPS) is 21.3. The van der Waals surface area contributed by atoms with Crippen LogP contribution in [0.25, 0.3) is 0 Å². The third kappa shape index (κ3) is 4.00. The summed E-state index contributed by atoms with van der Waals surface area (Å²) in [7, 11) is 0. The van der Waals surface area contributed by atoms with Crippen molar-refractivity contribution >= 4 is 23.1 Å². The van der Waals surface area contributed by atoms with Gasteiger partial charge in [-0.05, 0) is 31.4 Å². The maximum atomic E-state index is 14.5. The number of halogens is 1. The van der Waals surface area contributed by atoms with E-state index in [0.717, 1.165) is 23.8 Å². The number of fused-ring (bicyclic) bond motifs is 1. The molecule has 1 N–H and O–H groups in total. The van der Waals surface area contributed by atoms with Crippen LogP contribution in [0.1, 0.15) is 36.4 Å². The van der Waals surface area contributed by atoms with Crippen LogP contribution in [0.5, 0.6) is 5.06 Å². The summed E-state index contributed by atoms with van der Waals surface area (Å²) in [6, 6.07) is 0.652. The molecule has 0 bridgehead atoms. The topological polar surface area (TPSA) is 76.1 Å². The number of thiophene rings is 1. The SMILES string of the molecule is C=C/C(F)=C(\C=C)C(C(=O)C1CC1)N1CCc2sc(OC(C)=O)cc2C1OO. The Morgan fingerprint density at radius 2 is 2.11 bits per heavy atom. The lowest BCUT2D eigenvalue weighted by atomic mass is 9.93. The third-order valence-electron chi connectivity index (χ3n) is 4.88. The van der Waals surface area contributed by atoms with Crippen molar-refractivity contribution in [2.24, 2.45) is 5.92 Å². The number of hydrogen-bond acceptors (Lipinski definition) is 7. The first kappa shape index (κ1) is 20.6. The van der Waals surface area contributed by atoms with E-state index in [2.05, 4.69) is 13.2 Å². The van der Waals surface area contributed by atoms with E-state index in [0.29, 0.717) is 23.6 Å². The minimum absolute atomic E-state index is 0.104. The van der Waals surface area contributed by atoms with Crippen LogP contribution < -0.4 is 4.74 Å². The van der Waals surface area contributed by atoms with Gasteiger partial charge in [-0.25, -0.2) is 14.5 Å². The van der Waals surface area contributed by atoms with Crippen molar-refractivity contribution in [3.8, 4) is 5.06 Å². The minimum Gasteiger partial charge on any atom is -0.416 e. The molecule has 2 heterocycles. The summed E-state index contributed by atoms with van der Waals surface area (Å²) in [5.41, 5.74) is 0.693. The van der Waals surface area contributed by atoms with Crippen molar-refractivity contribution in [3.05, 3.63) is 53.2 Å². The largest absolute Gasteiger partial charge is 0.416 e. The predicted molar refractivity (Wildman–Crippen MR) is 103 cm³/mol. The van der Waals surface area contributed by atoms with Crippen LogP contribution in [0.15, 0.2) is 42.8 Å². The van der Waals surface area contributed by atoms with E-state index in [1.54, 1.807) is 11.0 Å². The number of carbonyl (C=O) groups is 2. The molecule has 150 valence electrons. The molecule has 8 heteroatoms. The number of rotatable bonds is 8. The monoisotopic (exact) mass is 407 g/mol. The molecule has 1 aliphatic carbocycles. The number of ketones is 1. The molecule has 0 spiro atoms. The number of ether oxygens (including phenoxy) is 1. The van der Waals surface area contributed by atoms with Crippen LogP contribution >= 0.6 is 11.3 Å². The minimum atomic E-state index is -0.996. The zero-order valence-electron chi connectivity index (χ0n) is 15.5. The molecule has 1 aromatic rings. The molecule has 6 nitrogen and oxygen atoms in total. The van der Waals surface area contributed by atoms with Crippen LogP contribution in [-0.4, -0.2) is 34.5 Å². The van der Waals surface area contributed by atoms with Gasteiger partial charge in [0.1, 0.15) is 5.83 Å². The van der Waals surface area contributed by atoms with Crippen molar-refractivity contribution in [3.63, 3.8) is 0 Å². The Bertz CT molecular complexity index is 842. The maximum absolute atomic E-state index is 14.5. The van der Waals surface area contributed by atoms with Crippen LogP contribution in [0.3, 0.4) is 0 Å². The molecule has 2 unspecified atom stereocenters. The van der Waals surface area contributed by atoms with Crippen molar-refractivity contribution in [1.29, 1.82) is 0 Å². The predicted octanol–water partition coefficient (Wildman–Crippen LogP) is 3.96. The van der Waals surface area contributed by atoms with Gasteiger partial charge in [0.05, 0.1) is 6.04 Å².